The molecule has 2 aromatic carbocycles. The van der Waals surface area contributed by atoms with Crippen LogP contribution in [0.5, 0.6) is 0 Å². The van der Waals surface area contributed by atoms with E-state index >= 15 is 0 Å². The van der Waals surface area contributed by atoms with Gasteiger partial charge in [-0.05, 0) is 51.8 Å². The summed E-state index contributed by atoms with van der Waals surface area (Å²) < 4.78 is 6.95. The minimum Gasteiger partial charge on any atom is -0.394 e. The fraction of sp³-hybridized carbons (Fsp3) is 0.441. The predicted octanol–water partition coefficient (Wildman–Crippen LogP) is 3.36. The molecule has 4 aliphatic rings. The van der Waals surface area contributed by atoms with E-state index in [0.29, 0.717) is 19.5 Å². The van der Waals surface area contributed by atoms with E-state index in [4.69, 9.17) is 4.74 Å². The molecule has 8 nitrogen and oxygen atoms in total. The highest BCUT2D eigenvalue weighted by Crippen LogP contribution is 2.58. The minimum atomic E-state index is -1.38. The van der Waals surface area contributed by atoms with Crippen LogP contribution in [-0.2, 0) is 25.5 Å². The topological polar surface area (TPSA) is 90.4 Å². The first-order valence-corrected chi connectivity index (χ1v) is 14.7. The lowest BCUT2D eigenvalue weighted by Gasteiger charge is -2.43. The van der Waals surface area contributed by atoms with E-state index in [1.54, 1.807) is 14.7 Å². The lowest BCUT2D eigenvalue weighted by atomic mass is 9.74. The Morgan fingerprint density at radius 2 is 1.52 bits per heavy atom. The second kappa shape index (κ2) is 10.2. The van der Waals surface area contributed by atoms with Crippen molar-refractivity contribution in [2.75, 3.05) is 24.6 Å². The minimum absolute atomic E-state index is 0.217. The lowest BCUT2D eigenvalue weighted by Crippen LogP contribution is -2.61. The number of hydrogen-bond acceptors (Lipinski definition) is 5. The molecule has 8 heteroatoms. The number of hydrogen-bond donors (Lipinski definition) is 1. The first-order valence-electron chi connectivity index (χ1n) is 14.7. The van der Waals surface area contributed by atoms with Crippen LogP contribution in [0.2, 0.25) is 0 Å². The molecule has 0 aromatic heterocycles. The van der Waals surface area contributed by atoms with E-state index in [-0.39, 0.29) is 24.3 Å². The monoisotopic (exact) mass is 569 g/mol. The van der Waals surface area contributed by atoms with Gasteiger partial charge in [0.15, 0.2) is 0 Å². The molecule has 2 saturated heterocycles. The van der Waals surface area contributed by atoms with Crippen molar-refractivity contribution in [2.45, 2.75) is 62.9 Å². The van der Waals surface area contributed by atoms with E-state index in [2.05, 4.69) is 0 Å². The summed E-state index contributed by atoms with van der Waals surface area (Å²) >= 11 is 0. The Kier molecular flexibility index (Phi) is 6.90. The number of benzene rings is 2. The average Bonchev–Trinajstić information content (AvgIpc) is 3.23. The van der Waals surface area contributed by atoms with E-state index in [1.165, 1.54) is 0 Å². The molecule has 0 saturated carbocycles. The summed E-state index contributed by atoms with van der Waals surface area (Å²) in [4.78, 5) is 48.9. The van der Waals surface area contributed by atoms with Gasteiger partial charge >= 0.3 is 0 Å². The van der Waals surface area contributed by atoms with Gasteiger partial charge in [0.25, 0.3) is 0 Å². The molecule has 1 spiro atoms. The number of rotatable bonds is 5. The number of aliphatic hydroxyl groups excluding tert-OH is 1. The first kappa shape index (κ1) is 28.4. The number of likely N-dealkylation sites (tertiary alicyclic amines) is 1. The summed E-state index contributed by atoms with van der Waals surface area (Å²) in [5.74, 6) is -2.61. The summed E-state index contributed by atoms with van der Waals surface area (Å²) in [6.45, 7) is 8.11. The van der Waals surface area contributed by atoms with Crippen LogP contribution in [-0.4, -0.2) is 81.1 Å². The van der Waals surface area contributed by atoms with Crippen LogP contribution in [0.25, 0.3) is 0 Å². The zero-order valence-electron chi connectivity index (χ0n) is 24.6. The van der Waals surface area contributed by atoms with Crippen molar-refractivity contribution in [3.8, 4) is 0 Å². The molecule has 0 bridgehead atoms. The van der Waals surface area contributed by atoms with Crippen LogP contribution in [0.4, 0.5) is 5.69 Å². The van der Waals surface area contributed by atoms with Crippen LogP contribution < -0.4 is 4.90 Å². The first-order chi connectivity index (χ1) is 20.0. The Morgan fingerprint density at radius 3 is 2.17 bits per heavy atom. The number of aliphatic hydroxyl groups is 1. The Bertz CT molecular complexity index is 1430. The summed E-state index contributed by atoms with van der Waals surface area (Å²) in [7, 11) is 0. The molecule has 4 heterocycles. The second-order valence-electron chi connectivity index (χ2n) is 13.0. The number of carbonyl (C=O) groups excluding carboxylic acids is 3. The van der Waals surface area contributed by atoms with Crippen LogP contribution in [0.3, 0.4) is 0 Å². The van der Waals surface area contributed by atoms with E-state index in [1.807, 2.05) is 113 Å². The third-order valence-electron chi connectivity index (χ3n) is 9.29. The average molecular weight is 570 g/mol. The number of ether oxygens (including phenoxy) is 1. The normalized spacial score (nSPS) is 31.5. The van der Waals surface area contributed by atoms with Crippen LogP contribution >= 0.6 is 0 Å². The molecule has 6 atom stereocenters. The largest absolute Gasteiger partial charge is 0.394 e. The molecule has 1 N–H and O–H groups in total. The van der Waals surface area contributed by atoms with Crippen LogP contribution in [0.1, 0.15) is 33.3 Å². The standard InChI is InChI=1S/C34H39N3O5/c1-32(2,3)36-20-12-18-34-27(26-29(39)35(24-15-9-6-10-16-24)19-11-17-33(26,4)42-34)30(40)37(28(34)31(36)41)25(22-38)21-23-13-7-5-8-14-23/h5-18,25-28,38H,19-22H2,1-4H3/t25-,26+,27+,28?,33-,34+/m1/s1. The van der Waals surface area contributed by atoms with Gasteiger partial charge in [0.1, 0.15) is 11.6 Å². The highest BCUT2D eigenvalue weighted by molar-refractivity contribution is 6.04. The van der Waals surface area contributed by atoms with Gasteiger partial charge in [-0.3, -0.25) is 14.4 Å². The van der Waals surface area contributed by atoms with Crippen molar-refractivity contribution in [3.63, 3.8) is 0 Å². The van der Waals surface area contributed by atoms with Crippen LogP contribution in [0.15, 0.2) is 85.0 Å². The van der Waals surface area contributed by atoms with Crippen molar-refractivity contribution in [1.82, 2.24) is 9.80 Å². The van der Waals surface area contributed by atoms with Crippen molar-refractivity contribution in [2.24, 2.45) is 11.8 Å². The molecule has 2 aromatic rings. The molecular formula is C34H39N3O5. The van der Waals surface area contributed by atoms with Crippen molar-refractivity contribution in [1.29, 1.82) is 0 Å². The summed E-state index contributed by atoms with van der Waals surface area (Å²) in [6.07, 6.45) is 7.92. The number of amides is 3. The maximum Gasteiger partial charge on any atom is 0.249 e. The van der Waals surface area contributed by atoms with Gasteiger partial charge in [-0.1, -0.05) is 72.8 Å². The van der Waals surface area contributed by atoms with Gasteiger partial charge in [0.05, 0.1) is 30.1 Å². The second-order valence-corrected chi connectivity index (χ2v) is 13.0. The lowest BCUT2D eigenvalue weighted by molar-refractivity contribution is -0.157. The zero-order chi connectivity index (χ0) is 29.9. The highest BCUT2D eigenvalue weighted by atomic mass is 16.5. The molecule has 0 aliphatic carbocycles. The molecule has 3 amide bonds. The number of nitrogens with zero attached hydrogens (tertiary/aromatic N) is 3. The quantitative estimate of drug-likeness (QED) is 0.558. The number of fused-ring (bicyclic) bond motifs is 2. The van der Waals surface area contributed by atoms with Gasteiger partial charge in [-0.25, -0.2) is 0 Å². The highest BCUT2D eigenvalue weighted by Gasteiger charge is 2.75. The molecule has 1 unspecified atom stereocenters. The fourth-order valence-corrected chi connectivity index (χ4v) is 7.43. The van der Waals surface area contributed by atoms with Gasteiger partial charge in [-0.2, -0.15) is 0 Å². The third kappa shape index (κ3) is 4.31. The third-order valence-corrected chi connectivity index (χ3v) is 9.29. The van der Waals surface area contributed by atoms with Gasteiger partial charge in [-0.15, -0.1) is 0 Å². The molecule has 0 radical (unpaired) electrons. The van der Waals surface area contributed by atoms with E-state index in [9.17, 15) is 19.5 Å². The van der Waals surface area contributed by atoms with Crippen molar-refractivity contribution < 1.29 is 24.2 Å². The molecule has 6 rings (SSSR count). The molecule has 2 fully saturated rings. The fourth-order valence-electron chi connectivity index (χ4n) is 7.43. The molecule has 4 aliphatic heterocycles. The predicted molar refractivity (Wildman–Crippen MR) is 159 cm³/mol. The van der Waals surface area contributed by atoms with E-state index < -0.39 is 40.7 Å². The number of anilines is 1. The molecule has 42 heavy (non-hydrogen) atoms. The SMILES string of the molecule is CC(C)(C)N1CC=C[C@]23O[C@]4(C)C=CCN(c5ccccc5)C(=O)[C@@H]4[C@H]2C(=O)N([C@@H](CO)Cc2ccccc2)C3C1=O. The Hall–Kier alpha value is -3.75. The summed E-state index contributed by atoms with van der Waals surface area (Å²) in [5.41, 5.74) is -1.34. The number of carbonyl (C=O) groups is 3. The maximum absolute atomic E-state index is 14.8. The maximum atomic E-state index is 14.8. The Balaban J connectivity index is 1.50. The summed E-state index contributed by atoms with van der Waals surface area (Å²) in [6, 6.07) is 17.3. The van der Waals surface area contributed by atoms with Gasteiger partial charge in [0.2, 0.25) is 17.7 Å². The molecule has 220 valence electrons. The molecular weight excluding hydrogens is 530 g/mol. The summed E-state index contributed by atoms with van der Waals surface area (Å²) in [5, 5.41) is 10.7. The smallest absolute Gasteiger partial charge is 0.249 e. The number of para-hydroxylation sites is 1. The van der Waals surface area contributed by atoms with Crippen molar-refractivity contribution >= 4 is 23.4 Å². The van der Waals surface area contributed by atoms with E-state index in [0.717, 1.165) is 11.3 Å². The Labute approximate surface area is 247 Å². The van der Waals surface area contributed by atoms with Crippen molar-refractivity contribution in [3.05, 3.63) is 90.5 Å². The van der Waals surface area contributed by atoms with Gasteiger partial charge < -0.3 is 24.5 Å². The zero-order valence-corrected chi connectivity index (χ0v) is 24.6. The van der Waals surface area contributed by atoms with Gasteiger partial charge in [0, 0.05) is 24.3 Å². The van der Waals surface area contributed by atoms with Crippen LogP contribution in [0, 0.1) is 11.8 Å². The Morgan fingerprint density at radius 1 is 0.881 bits per heavy atom.